The van der Waals surface area contributed by atoms with E-state index in [0.717, 1.165) is 12.8 Å². The van der Waals surface area contributed by atoms with Crippen LogP contribution in [0.3, 0.4) is 0 Å². The van der Waals surface area contributed by atoms with E-state index in [0.29, 0.717) is 31.8 Å². The van der Waals surface area contributed by atoms with Crippen LogP contribution in [0.5, 0.6) is 5.88 Å². The van der Waals surface area contributed by atoms with Gasteiger partial charge in [0.2, 0.25) is 11.8 Å². The molecule has 2 saturated heterocycles. The van der Waals surface area contributed by atoms with Crippen molar-refractivity contribution in [3.8, 4) is 17.3 Å². The van der Waals surface area contributed by atoms with Gasteiger partial charge < -0.3 is 39.1 Å². The molecule has 1 aromatic carbocycles. The second-order valence-electron chi connectivity index (χ2n) is 10.4. The lowest BCUT2D eigenvalue weighted by Crippen LogP contribution is -2.56. The van der Waals surface area contributed by atoms with Crippen LogP contribution >= 0.6 is 7.60 Å². The Morgan fingerprint density at radius 2 is 1.84 bits per heavy atom. The Balaban J connectivity index is 1.49. The highest BCUT2D eigenvalue weighted by molar-refractivity contribution is 7.51. The molecule has 4 rings (SSSR count). The molecule has 2 atom stereocenters. The molecule has 0 spiro atoms. The van der Waals surface area contributed by atoms with Crippen LogP contribution in [0, 0.1) is 0 Å². The molecule has 2 aromatic rings. The van der Waals surface area contributed by atoms with Crippen molar-refractivity contribution in [2.75, 3.05) is 52.2 Å². The van der Waals surface area contributed by atoms with Gasteiger partial charge in [0.15, 0.2) is 5.82 Å². The van der Waals surface area contributed by atoms with Crippen molar-refractivity contribution in [2.24, 2.45) is 0 Å². The number of nitrogens with zero attached hydrogens (tertiary/aromatic N) is 4. The topological polar surface area (TPSA) is 181 Å². The minimum atomic E-state index is -4.47. The second kappa shape index (κ2) is 15.2. The number of carbonyl (C=O) groups is 3. The number of rotatable bonds is 12. The molecule has 2 unspecified atom stereocenters. The third-order valence-corrected chi connectivity index (χ3v) is 7.87. The molecule has 14 nitrogen and oxygen atoms in total. The van der Waals surface area contributed by atoms with Crippen LogP contribution in [-0.4, -0.2) is 112 Å². The first-order valence-electron chi connectivity index (χ1n) is 14.4. The third-order valence-electron chi connectivity index (χ3n) is 7.03. The Morgan fingerprint density at radius 1 is 1.12 bits per heavy atom. The first kappa shape index (κ1) is 32.3. The van der Waals surface area contributed by atoms with Crippen molar-refractivity contribution in [1.29, 1.82) is 0 Å². The average Bonchev–Trinajstić information content (AvgIpc) is 3.52. The van der Waals surface area contributed by atoms with Crippen LogP contribution in [0.2, 0.25) is 0 Å². The lowest BCUT2D eigenvalue weighted by molar-refractivity contribution is -0.134. The molecule has 0 radical (unpaired) electrons. The van der Waals surface area contributed by atoms with Gasteiger partial charge in [0.25, 0.3) is 5.91 Å². The maximum Gasteiger partial charge on any atom is 0.409 e. The lowest BCUT2D eigenvalue weighted by Gasteiger charge is -2.36. The van der Waals surface area contributed by atoms with Gasteiger partial charge in [-0.15, -0.1) is 0 Å². The fourth-order valence-electron chi connectivity index (χ4n) is 4.61. The average molecular weight is 620 g/mol. The number of hydrogen-bond donors (Lipinski definition) is 3. The molecule has 15 heteroatoms. The summed E-state index contributed by atoms with van der Waals surface area (Å²) >= 11 is 0. The maximum absolute atomic E-state index is 13.5. The highest BCUT2D eigenvalue weighted by Gasteiger charge is 2.32. The van der Waals surface area contributed by atoms with E-state index in [9.17, 15) is 28.7 Å². The summed E-state index contributed by atoms with van der Waals surface area (Å²) in [5.41, 5.74) is 0.571. The summed E-state index contributed by atoms with van der Waals surface area (Å²) in [6.45, 7) is 4.06. The number of nitrogens with one attached hydrogen (secondary N) is 1. The van der Waals surface area contributed by atoms with E-state index in [2.05, 4.69) is 15.3 Å². The van der Waals surface area contributed by atoms with Gasteiger partial charge in [-0.05, 0) is 12.8 Å². The Labute approximate surface area is 249 Å². The Hall–Kier alpha value is -3.58. The number of unbranched alkanes of at least 4 members (excludes halogenated alkanes) is 1. The quantitative estimate of drug-likeness (QED) is 0.234. The lowest BCUT2D eigenvalue weighted by atomic mass is 10.1. The van der Waals surface area contributed by atoms with Crippen LogP contribution in [0.1, 0.15) is 43.1 Å². The van der Waals surface area contributed by atoms with Crippen molar-refractivity contribution in [2.45, 2.75) is 44.8 Å². The highest BCUT2D eigenvalue weighted by atomic mass is 31.2. The summed E-state index contributed by atoms with van der Waals surface area (Å²) in [5, 5.41) is 2.62. The summed E-state index contributed by atoms with van der Waals surface area (Å²) in [6, 6.07) is 9.13. The van der Waals surface area contributed by atoms with E-state index in [1.54, 1.807) is 24.3 Å². The monoisotopic (exact) mass is 619 g/mol. The van der Waals surface area contributed by atoms with Gasteiger partial charge in [0.1, 0.15) is 17.8 Å². The fraction of sp³-hybridized carbons (Fsp3) is 0.536. The number of ether oxygens (including phenoxy) is 3. The maximum atomic E-state index is 13.5. The number of hydrogen-bond acceptors (Lipinski definition) is 9. The highest BCUT2D eigenvalue weighted by Crippen LogP contribution is 2.35. The van der Waals surface area contributed by atoms with E-state index in [1.807, 2.05) is 13.0 Å². The molecule has 3 N–H and O–H groups in total. The van der Waals surface area contributed by atoms with Gasteiger partial charge in [-0.2, -0.15) is 4.98 Å². The molecule has 3 heterocycles. The molecule has 43 heavy (non-hydrogen) atoms. The molecular weight excluding hydrogens is 581 g/mol. The van der Waals surface area contributed by atoms with Crippen LogP contribution in [0.25, 0.3) is 11.4 Å². The first-order valence-corrected chi connectivity index (χ1v) is 16.2. The standard InChI is InChI=1S/C28H38N5O9P/c1-2-3-15-41-28(36)33-13-11-32(12-14-33)27(35)22(10-17-43(37,38)39)30-26(34)23-18-24(42-21-9-16-40-19-21)31-25(29-23)20-7-5-4-6-8-20/h4-8,18,21-22H,2-3,9-17,19H2,1H3,(H,30,34)(H2,37,38,39). The van der Waals surface area contributed by atoms with Gasteiger partial charge in [-0.3, -0.25) is 14.2 Å². The number of aromatic nitrogens is 2. The molecule has 1 aromatic heterocycles. The zero-order valence-electron chi connectivity index (χ0n) is 24.1. The summed E-state index contributed by atoms with van der Waals surface area (Å²) in [7, 11) is -4.47. The molecule has 0 saturated carbocycles. The normalized spacial score (nSPS) is 17.8. The van der Waals surface area contributed by atoms with Gasteiger partial charge in [-0.1, -0.05) is 43.7 Å². The smallest absolute Gasteiger partial charge is 0.409 e. The molecular formula is C28H38N5O9P. The molecule has 234 valence electrons. The van der Waals surface area contributed by atoms with E-state index in [-0.39, 0.29) is 56.1 Å². The molecule has 2 aliphatic rings. The predicted octanol–water partition coefficient (Wildman–Crippen LogP) is 2.06. The summed E-state index contributed by atoms with van der Waals surface area (Å²) in [6.07, 6.45) is 0.711. The number of amides is 3. The third kappa shape index (κ3) is 9.72. The van der Waals surface area contributed by atoms with E-state index in [4.69, 9.17) is 14.2 Å². The number of piperazine rings is 1. The molecule has 3 amide bonds. The zero-order valence-corrected chi connectivity index (χ0v) is 25.0. The minimum absolute atomic E-state index is 0.0728. The minimum Gasteiger partial charge on any atom is -0.472 e. The number of benzene rings is 1. The van der Waals surface area contributed by atoms with Gasteiger partial charge in [0, 0.05) is 44.2 Å². The Morgan fingerprint density at radius 3 is 2.49 bits per heavy atom. The van der Waals surface area contributed by atoms with Crippen molar-refractivity contribution < 1.29 is 42.9 Å². The van der Waals surface area contributed by atoms with Crippen LogP contribution < -0.4 is 10.1 Å². The van der Waals surface area contributed by atoms with Crippen molar-refractivity contribution in [3.05, 3.63) is 42.1 Å². The summed E-state index contributed by atoms with van der Waals surface area (Å²) in [4.78, 5) is 70.1. The summed E-state index contributed by atoms with van der Waals surface area (Å²) in [5.74, 6) is -0.844. The summed E-state index contributed by atoms with van der Waals surface area (Å²) < 4.78 is 28.2. The molecule has 2 aliphatic heterocycles. The first-order chi connectivity index (χ1) is 20.6. The molecule has 0 bridgehead atoms. The van der Waals surface area contributed by atoms with E-state index >= 15 is 0 Å². The largest absolute Gasteiger partial charge is 0.472 e. The predicted molar refractivity (Wildman–Crippen MR) is 155 cm³/mol. The van der Waals surface area contributed by atoms with Crippen molar-refractivity contribution >= 4 is 25.5 Å². The van der Waals surface area contributed by atoms with E-state index < -0.39 is 37.7 Å². The van der Waals surface area contributed by atoms with E-state index in [1.165, 1.54) is 15.9 Å². The number of carbonyl (C=O) groups excluding carboxylic acids is 3. The Kier molecular flexibility index (Phi) is 11.5. The molecule has 0 aliphatic carbocycles. The van der Waals surface area contributed by atoms with Gasteiger partial charge >= 0.3 is 13.7 Å². The molecule has 2 fully saturated rings. The van der Waals surface area contributed by atoms with Crippen LogP contribution in [0.4, 0.5) is 4.79 Å². The van der Waals surface area contributed by atoms with Gasteiger partial charge in [0.05, 0.1) is 26.0 Å². The van der Waals surface area contributed by atoms with Crippen molar-refractivity contribution in [3.63, 3.8) is 0 Å². The Bertz CT molecular complexity index is 1290. The fourth-order valence-corrected chi connectivity index (χ4v) is 5.20. The van der Waals surface area contributed by atoms with Gasteiger partial charge in [-0.25, -0.2) is 9.78 Å². The zero-order chi connectivity index (χ0) is 30.8. The van der Waals surface area contributed by atoms with Crippen LogP contribution in [0.15, 0.2) is 36.4 Å². The second-order valence-corrected chi connectivity index (χ2v) is 12.1. The van der Waals surface area contributed by atoms with Crippen molar-refractivity contribution in [1.82, 2.24) is 25.1 Å². The SMILES string of the molecule is CCCCOC(=O)N1CCN(C(=O)C(CCP(=O)(O)O)NC(=O)c2cc(OC3CCOC3)nc(-c3ccccc3)n2)CC1. The van der Waals surface area contributed by atoms with Crippen LogP contribution in [-0.2, 0) is 18.8 Å².